The zero-order chi connectivity index (χ0) is 17.5. The van der Waals surface area contributed by atoms with E-state index >= 15 is 0 Å². The fraction of sp³-hybridized carbons (Fsp3) is 0.188. The molecule has 0 saturated carbocycles. The number of benzene rings is 1. The van der Waals surface area contributed by atoms with Crippen LogP contribution in [0.3, 0.4) is 0 Å². The number of rotatable bonds is 2. The summed E-state index contributed by atoms with van der Waals surface area (Å²) < 4.78 is 52.5. The second-order valence-corrected chi connectivity index (χ2v) is 5.49. The zero-order valence-electron chi connectivity index (χ0n) is 12.1. The van der Waals surface area contributed by atoms with Crippen molar-refractivity contribution in [2.75, 3.05) is 11.5 Å². The van der Waals surface area contributed by atoms with Crippen LogP contribution < -0.4 is 4.90 Å². The van der Waals surface area contributed by atoms with E-state index in [1.807, 2.05) is 0 Å². The molecule has 0 spiro atoms. The van der Waals surface area contributed by atoms with Crippen LogP contribution in [0.25, 0.3) is 0 Å². The maximum absolute atomic E-state index is 14.1. The molecule has 2 heterocycles. The Morgan fingerprint density at radius 3 is 2.67 bits per heavy atom. The lowest BCUT2D eigenvalue weighted by molar-refractivity contribution is -0.269. The predicted molar refractivity (Wildman–Crippen MR) is 80.6 cm³/mol. The van der Waals surface area contributed by atoms with Crippen molar-refractivity contribution in [2.24, 2.45) is 0 Å². The summed E-state index contributed by atoms with van der Waals surface area (Å²) in [5.74, 6) is -1.18. The number of anilines is 1. The largest absolute Gasteiger partial charge is 0.466 e. The van der Waals surface area contributed by atoms with Gasteiger partial charge in [0, 0.05) is 16.8 Å². The number of carbonyl (C=O) groups excluding carboxylic acids is 1. The molecule has 0 saturated heterocycles. The third-order valence-corrected chi connectivity index (χ3v) is 3.96. The van der Waals surface area contributed by atoms with Gasteiger partial charge in [0.15, 0.2) is 0 Å². The summed E-state index contributed by atoms with van der Waals surface area (Å²) >= 11 is 5.91. The molecule has 1 aliphatic rings. The summed E-state index contributed by atoms with van der Waals surface area (Å²) in [5.41, 5.74) is -3.32. The van der Waals surface area contributed by atoms with Crippen molar-refractivity contribution >= 4 is 23.2 Å². The summed E-state index contributed by atoms with van der Waals surface area (Å²) in [6.45, 7) is 2.68. The molecule has 1 unspecified atom stereocenters. The van der Waals surface area contributed by atoms with Crippen LogP contribution in [0.1, 0.15) is 11.3 Å². The summed E-state index contributed by atoms with van der Waals surface area (Å²) in [5, 5.41) is 0.0656. The van der Waals surface area contributed by atoms with Crippen LogP contribution in [0.15, 0.2) is 53.8 Å². The van der Waals surface area contributed by atoms with Crippen molar-refractivity contribution < 1.29 is 27.1 Å². The van der Waals surface area contributed by atoms with Gasteiger partial charge < -0.3 is 9.15 Å². The number of carbonyl (C=O) groups is 1. The van der Waals surface area contributed by atoms with E-state index in [1.165, 1.54) is 18.2 Å². The summed E-state index contributed by atoms with van der Waals surface area (Å²) in [6.07, 6.45) is -2.66. The Bertz CT molecular complexity index is 788. The molecule has 0 aliphatic carbocycles. The quantitative estimate of drug-likeness (QED) is 0.807. The highest BCUT2D eigenvalue weighted by atomic mass is 35.5. The molecule has 3 rings (SSSR count). The van der Waals surface area contributed by atoms with Crippen molar-refractivity contribution in [3.63, 3.8) is 0 Å². The van der Waals surface area contributed by atoms with Crippen molar-refractivity contribution in [2.45, 2.75) is 11.8 Å². The first kappa shape index (κ1) is 16.6. The topological polar surface area (TPSA) is 42.7 Å². The van der Waals surface area contributed by atoms with Crippen LogP contribution in [0, 0.1) is 0 Å². The number of furan rings is 1. The van der Waals surface area contributed by atoms with Gasteiger partial charge in [-0.1, -0.05) is 18.2 Å². The first-order chi connectivity index (χ1) is 11.3. The monoisotopic (exact) mass is 357 g/mol. The Morgan fingerprint density at radius 2 is 2.08 bits per heavy atom. The SMILES string of the molecule is C=CN1C(=O)COC(c2ccco2)(C(F)(F)F)c2cc(Cl)ccc21. The number of halogens is 4. The lowest BCUT2D eigenvalue weighted by Crippen LogP contribution is -2.45. The number of nitrogens with zero attached hydrogens (tertiary/aromatic N) is 1. The van der Waals surface area contributed by atoms with Gasteiger partial charge in [0.2, 0.25) is 5.60 Å². The third kappa shape index (κ3) is 2.32. The number of hydrogen-bond acceptors (Lipinski definition) is 3. The number of fused-ring (bicyclic) bond motifs is 1. The zero-order valence-corrected chi connectivity index (χ0v) is 12.9. The molecule has 0 N–H and O–H groups in total. The summed E-state index contributed by atoms with van der Waals surface area (Å²) in [4.78, 5) is 13.2. The highest BCUT2D eigenvalue weighted by Gasteiger charge is 2.63. The highest BCUT2D eigenvalue weighted by molar-refractivity contribution is 6.30. The first-order valence-electron chi connectivity index (χ1n) is 6.80. The van der Waals surface area contributed by atoms with Gasteiger partial charge in [-0.15, -0.1) is 0 Å². The molecule has 1 aromatic carbocycles. The third-order valence-electron chi connectivity index (χ3n) is 3.73. The molecule has 24 heavy (non-hydrogen) atoms. The number of alkyl halides is 3. The second-order valence-electron chi connectivity index (χ2n) is 5.05. The molecular formula is C16H11ClF3NO3. The van der Waals surface area contributed by atoms with Gasteiger partial charge in [-0.25, -0.2) is 0 Å². The molecule has 1 amide bonds. The number of ether oxygens (including phenoxy) is 1. The Labute approximate surface area is 140 Å². The van der Waals surface area contributed by atoms with Crippen LogP contribution >= 0.6 is 11.6 Å². The van der Waals surface area contributed by atoms with Gasteiger partial charge >= 0.3 is 6.18 Å². The molecule has 1 aliphatic heterocycles. The fourth-order valence-electron chi connectivity index (χ4n) is 2.71. The van der Waals surface area contributed by atoms with Gasteiger partial charge in [0.05, 0.1) is 12.0 Å². The standard InChI is InChI=1S/C16H11ClF3NO3/c1-2-21-12-6-5-10(17)8-11(12)15(16(18,19)20,24-9-14(21)22)13-4-3-7-23-13/h2-8H,1,9H2. The van der Waals surface area contributed by atoms with Gasteiger partial charge in [-0.3, -0.25) is 9.69 Å². The van der Waals surface area contributed by atoms with E-state index in [9.17, 15) is 18.0 Å². The Balaban J connectivity index is 2.40. The van der Waals surface area contributed by atoms with Crippen LogP contribution in [0.2, 0.25) is 5.02 Å². The van der Waals surface area contributed by atoms with Crippen LogP contribution in [-0.4, -0.2) is 18.7 Å². The minimum atomic E-state index is -4.90. The van der Waals surface area contributed by atoms with Crippen molar-refractivity contribution in [3.8, 4) is 0 Å². The van der Waals surface area contributed by atoms with E-state index in [1.54, 1.807) is 0 Å². The minimum absolute atomic E-state index is 0.0226. The molecule has 8 heteroatoms. The van der Waals surface area contributed by atoms with Crippen molar-refractivity contribution in [1.82, 2.24) is 0 Å². The molecule has 2 aromatic rings. The lowest BCUT2D eigenvalue weighted by Gasteiger charge is -2.33. The Hall–Kier alpha value is -2.25. The maximum atomic E-state index is 14.1. The van der Waals surface area contributed by atoms with Crippen LogP contribution in [-0.2, 0) is 15.1 Å². The number of amides is 1. The highest BCUT2D eigenvalue weighted by Crippen LogP contribution is 2.52. The molecule has 4 nitrogen and oxygen atoms in total. The second kappa shape index (κ2) is 5.68. The van der Waals surface area contributed by atoms with Gasteiger partial charge in [0.1, 0.15) is 12.4 Å². The summed E-state index contributed by atoms with van der Waals surface area (Å²) in [6, 6.07) is 6.27. The predicted octanol–water partition coefficient (Wildman–Crippen LogP) is 4.25. The molecule has 126 valence electrons. The average molecular weight is 358 g/mol. The molecule has 0 radical (unpaired) electrons. The maximum Gasteiger partial charge on any atom is 0.429 e. The molecule has 0 fully saturated rings. The van der Waals surface area contributed by atoms with E-state index in [0.717, 1.165) is 29.5 Å². The normalized spacial score (nSPS) is 21.3. The fourth-order valence-corrected chi connectivity index (χ4v) is 2.88. The smallest absolute Gasteiger partial charge is 0.429 e. The molecular weight excluding hydrogens is 347 g/mol. The first-order valence-corrected chi connectivity index (χ1v) is 7.18. The van der Waals surface area contributed by atoms with Crippen molar-refractivity contribution in [1.29, 1.82) is 0 Å². The Kier molecular flexibility index (Phi) is 3.93. The Morgan fingerprint density at radius 1 is 1.33 bits per heavy atom. The van der Waals surface area contributed by atoms with E-state index < -0.39 is 30.1 Å². The lowest BCUT2D eigenvalue weighted by atomic mass is 9.88. The van der Waals surface area contributed by atoms with E-state index in [2.05, 4.69) is 6.58 Å². The molecule has 0 bridgehead atoms. The molecule has 1 aromatic heterocycles. The van der Waals surface area contributed by atoms with Crippen LogP contribution in [0.5, 0.6) is 0 Å². The van der Waals surface area contributed by atoms with Crippen molar-refractivity contribution in [3.05, 3.63) is 65.7 Å². The van der Waals surface area contributed by atoms with Crippen LogP contribution in [0.4, 0.5) is 18.9 Å². The number of hydrogen-bond donors (Lipinski definition) is 0. The van der Waals surface area contributed by atoms with Gasteiger partial charge in [-0.2, -0.15) is 13.2 Å². The van der Waals surface area contributed by atoms with Gasteiger partial charge in [-0.05, 0) is 30.3 Å². The molecule has 1 atom stereocenters. The van der Waals surface area contributed by atoms with E-state index in [0.29, 0.717) is 0 Å². The van der Waals surface area contributed by atoms with Gasteiger partial charge in [0.25, 0.3) is 5.91 Å². The summed E-state index contributed by atoms with van der Waals surface area (Å²) in [7, 11) is 0. The van der Waals surface area contributed by atoms with E-state index in [-0.39, 0.29) is 16.3 Å². The minimum Gasteiger partial charge on any atom is -0.466 e. The van der Waals surface area contributed by atoms with E-state index in [4.69, 9.17) is 20.8 Å². The average Bonchev–Trinajstić information content (AvgIpc) is 2.99.